The van der Waals surface area contributed by atoms with E-state index in [2.05, 4.69) is 6.92 Å². The second kappa shape index (κ2) is 7.30. The Bertz CT molecular complexity index is 593. The van der Waals surface area contributed by atoms with Crippen molar-refractivity contribution in [3.05, 3.63) is 42.0 Å². The third-order valence-electron chi connectivity index (χ3n) is 3.31. The number of benzene rings is 2. The van der Waals surface area contributed by atoms with Crippen LogP contribution in [0, 0.1) is 0 Å². The second-order valence-corrected chi connectivity index (χ2v) is 5.25. The number of carbonyl (C=O) groups is 1. The zero-order valence-corrected chi connectivity index (χ0v) is 12.5. The van der Waals surface area contributed by atoms with Crippen molar-refractivity contribution in [1.29, 1.82) is 0 Å². The van der Waals surface area contributed by atoms with Crippen molar-refractivity contribution in [3.63, 3.8) is 0 Å². The van der Waals surface area contributed by atoms with Crippen LogP contribution in [-0.4, -0.2) is 11.8 Å². The van der Waals surface area contributed by atoms with E-state index in [4.69, 9.17) is 16.3 Å². The molecule has 0 aliphatic rings. The van der Waals surface area contributed by atoms with Crippen LogP contribution < -0.4 is 4.74 Å². The van der Waals surface area contributed by atoms with Gasteiger partial charge >= 0.3 is 0 Å². The summed E-state index contributed by atoms with van der Waals surface area (Å²) in [5.74, 6) is 0.874. The fraction of sp³-hybridized carbons (Fsp3) is 0.353. The van der Waals surface area contributed by atoms with Crippen LogP contribution in [0.5, 0.6) is 5.75 Å². The first-order valence-electron chi connectivity index (χ1n) is 7.07. The number of carbonyl (C=O) groups excluding carboxylic acids is 1. The van der Waals surface area contributed by atoms with Gasteiger partial charge in [-0.15, -0.1) is 0 Å². The molecule has 2 aromatic rings. The highest BCUT2D eigenvalue weighted by Gasteiger charge is 2.03. The molecule has 0 saturated carbocycles. The van der Waals surface area contributed by atoms with Gasteiger partial charge in [0.2, 0.25) is 0 Å². The minimum Gasteiger partial charge on any atom is -0.494 e. The summed E-state index contributed by atoms with van der Waals surface area (Å²) in [6.07, 6.45) is 4.80. The standard InChI is InChI=1S/C17H19ClO2/c1-2-3-4-5-10-20-16-9-8-13-11-15(17(18)19)7-6-14(13)12-16/h6-9,11-12H,2-5,10H2,1H3. The number of hydrogen-bond acceptors (Lipinski definition) is 2. The SMILES string of the molecule is CCCCCCOc1ccc2cc(C(=O)Cl)ccc2c1. The number of rotatable bonds is 7. The molecule has 0 amide bonds. The third kappa shape index (κ3) is 3.97. The maximum absolute atomic E-state index is 11.1. The van der Waals surface area contributed by atoms with Gasteiger partial charge in [-0.3, -0.25) is 4.79 Å². The lowest BCUT2D eigenvalue weighted by molar-refractivity contribution is 0.108. The summed E-state index contributed by atoms with van der Waals surface area (Å²) in [7, 11) is 0. The lowest BCUT2D eigenvalue weighted by Gasteiger charge is -2.07. The van der Waals surface area contributed by atoms with Crippen LogP contribution in [-0.2, 0) is 0 Å². The van der Waals surface area contributed by atoms with Gasteiger partial charge in [-0.05, 0) is 53.1 Å². The zero-order valence-electron chi connectivity index (χ0n) is 11.7. The van der Waals surface area contributed by atoms with Crippen LogP contribution in [0.2, 0.25) is 0 Å². The van der Waals surface area contributed by atoms with E-state index >= 15 is 0 Å². The van der Waals surface area contributed by atoms with Gasteiger partial charge in [0.05, 0.1) is 6.61 Å². The van der Waals surface area contributed by atoms with E-state index in [0.29, 0.717) is 5.56 Å². The number of unbranched alkanes of at least 4 members (excludes halogenated alkanes) is 3. The molecular weight excluding hydrogens is 272 g/mol. The van der Waals surface area contributed by atoms with Crippen molar-refractivity contribution in [2.24, 2.45) is 0 Å². The second-order valence-electron chi connectivity index (χ2n) is 4.91. The largest absolute Gasteiger partial charge is 0.494 e. The van der Waals surface area contributed by atoms with Crippen molar-refractivity contribution in [1.82, 2.24) is 0 Å². The molecule has 2 aromatic carbocycles. The molecule has 0 saturated heterocycles. The molecule has 0 N–H and O–H groups in total. The summed E-state index contributed by atoms with van der Waals surface area (Å²) in [6, 6.07) is 11.3. The summed E-state index contributed by atoms with van der Waals surface area (Å²) in [6.45, 7) is 2.95. The maximum Gasteiger partial charge on any atom is 0.252 e. The summed E-state index contributed by atoms with van der Waals surface area (Å²) < 4.78 is 5.75. The number of halogens is 1. The Morgan fingerprint density at radius 3 is 2.55 bits per heavy atom. The van der Waals surface area contributed by atoms with Gasteiger partial charge in [-0.25, -0.2) is 0 Å². The highest BCUT2D eigenvalue weighted by Crippen LogP contribution is 2.23. The number of ether oxygens (including phenoxy) is 1. The smallest absolute Gasteiger partial charge is 0.252 e. The number of hydrogen-bond donors (Lipinski definition) is 0. The molecule has 0 aliphatic heterocycles. The van der Waals surface area contributed by atoms with E-state index in [1.54, 1.807) is 12.1 Å². The molecule has 3 heteroatoms. The van der Waals surface area contributed by atoms with E-state index < -0.39 is 5.24 Å². The lowest BCUT2D eigenvalue weighted by Crippen LogP contribution is -1.97. The molecule has 2 rings (SSSR count). The fourth-order valence-corrected chi connectivity index (χ4v) is 2.27. The summed E-state index contributed by atoms with van der Waals surface area (Å²) in [4.78, 5) is 11.1. The van der Waals surface area contributed by atoms with E-state index in [1.165, 1.54) is 19.3 Å². The third-order valence-corrected chi connectivity index (χ3v) is 3.52. The zero-order chi connectivity index (χ0) is 14.4. The topological polar surface area (TPSA) is 26.3 Å². The predicted octanol–water partition coefficient (Wildman–Crippen LogP) is 5.18. The Morgan fingerprint density at radius 1 is 1.05 bits per heavy atom. The molecule has 106 valence electrons. The molecule has 2 nitrogen and oxygen atoms in total. The Kier molecular flexibility index (Phi) is 5.42. The molecule has 0 heterocycles. The van der Waals surface area contributed by atoms with Crippen molar-refractivity contribution in [2.75, 3.05) is 6.61 Å². The molecule has 0 bridgehead atoms. The molecule has 0 aromatic heterocycles. The molecule has 20 heavy (non-hydrogen) atoms. The minimum atomic E-state index is -0.428. The Hall–Kier alpha value is -1.54. The monoisotopic (exact) mass is 290 g/mol. The highest BCUT2D eigenvalue weighted by molar-refractivity contribution is 6.67. The molecule has 0 fully saturated rings. The first-order chi connectivity index (χ1) is 9.70. The molecule has 0 unspecified atom stereocenters. The van der Waals surface area contributed by atoms with Crippen LogP contribution in [0.4, 0.5) is 0 Å². The summed E-state index contributed by atoms with van der Waals surface area (Å²) in [5.41, 5.74) is 0.521. The normalized spacial score (nSPS) is 10.7. The van der Waals surface area contributed by atoms with Crippen molar-refractivity contribution < 1.29 is 9.53 Å². The predicted molar refractivity (Wildman–Crippen MR) is 83.8 cm³/mol. The van der Waals surface area contributed by atoms with Gasteiger partial charge < -0.3 is 4.74 Å². The highest BCUT2D eigenvalue weighted by atomic mass is 35.5. The van der Waals surface area contributed by atoms with Crippen LogP contribution in [0.25, 0.3) is 10.8 Å². The molecule has 0 spiro atoms. The summed E-state index contributed by atoms with van der Waals surface area (Å²) >= 11 is 5.48. The minimum absolute atomic E-state index is 0.428. The van der Waals surface area contributed by atoms with E-state index in [-0.39, 0.29) is 0 Å². The lowest BCUT2D eigenvalue weighted by atomic mass is 10.1. The van der Waals surface area contributed by atoms with Gasteiger partial charge in [0.1, 0.15) is 5.75 Å². The van der Waals surface area contributed by atoms with E-state index in [1.807, 2.05) is 24.3 Å². The van der Waals surface area contributed by atoms with Crippen molar-refractivity contribution in [2.45, 2.75) is 32.6 Å². The van der Waals surface area contributed by atoms with Gasteiger partial charge in [0, 0.05) is 5.56 Å². The quantitative estimate of drug-likeness (QED) is 0.519. The Balaban J connectivity index is 2.02. The average Bonchev–Trinajstić information content (AvgIpc) is 2.46. The van der Waals surface area contributed by atoms with E-state index in [0.717, 1.165) is 29.5 Å². The molecule has 0 radical (unpaired) electrons. The fourth-order valence-electron chi connectivity index (χ4n) is 2.15. The van der Waals surface area contributed by atoms with Gasteiger partial charge in [0.15, 0.2) is 0 Å². The number of fused-ring (bicyclic) bond motifs is 1. The Morgan fingerprint density at radius 2 is 1.80 bits per heavy atom. The van der Waals surface area contributed by atoms with Crippen molar-refractivity contribution in [3.8, 4) is 5.75 Å². The summed E-state index contributed by atoms with van der Waals surface area (Å²) in [5, 5.41) is 1.62. The van der Waals surface area contributed by atoms with Crippen LogP contribution in [0.15, 0.2) is 36.4 Å². The first kappa shape index (κ1) is 14.9. The van der Waals surface area contributed by atoms with Crippen LogP contribution in [0.3, 0.4) is 0 Å². The molecular formula is C17H19ClO2. The van der Waals surface area contributed by atoms with Gasteiger partial charge in [-0.1, -0.05) is 38.3 Å². The maximum atomic E-state index is 11.1. The molecule has 0 aliphatic carbocycles. The van der Waals surface area contributed by atoms with E-state index in [9.17, 15) is 4.79 Å². The Labute approximate surface area is 124 Å². The van der Waals surface area contributed by atoms with Crippen molar-refractivity contribution >= 4 is 27.6 Å². The van der Waals surface area contributed by atoms with Gasteiger partial charge in [-0.2, -0.15) is 0 Å². The molecule has 0 atom stereocenters. The van der Waals surface area contributed by atoms with Gasteiger partial charge in [0.25, 0.3) is 5.24 Å². The van der Waals surface area contributed by atoms with Crippen LogP contribution in [0.1, 0.15) is 43.0 Å². The van der Waals surface area contributed by atoms with Crippen LogP contribution >= 0.6 is 11.6 Å². The first-order valence-corrected chi connectivity index (χ1v) is 7.45. The average molecular weight is 291 g/mol.